The summed E-state index contributed by atoms with van der Waals surface area (Å²) < 4.78 is 55.5. The molecule has 0 radical (unpaired) electrons. The largest absolute Gasteiger partial charge is 0.474 e. The second kappa shape index (κ2) is 13.6. The summed E-state index contributed by atoms with van der Waals surface area (Å²) in [5.41, 5.74) is 1.02. The van der Waals surface area contributed by atoms with E-state index >= 15 is 0 Å². The lowest BCUT2D eigenvalue weighted by molar-refractivity contribution is -0.141. The van der Waals surface area contributed by atoms with Gasteiger partial charge in [0, 0.05) is 63.2 Å². The van der Waals surface area contributed by atoms with Gasteiger partial charge in [0.15, 0.2) is 0 Å². The Morgan fingerprint density at radius 1 is 1.15 bits per heavy atom. The third-order valence-corrected chi connectivity index (χ3v) is 11.1. The molecule has 11 nitrogen and oxygen atoms in total. The summed E-state index contributed by atoms with van der Waals surface area (Å²) in [6.45, 7) is 9.02. The molecule has 6 rings (SSSR count). The summed E-state index contributed by atoms with van der Waals surface area (Å²) in [6, 6.07) is 7.89. The predicted molar refractivity (Wildman–Crippen MR) is 174 cm³/mol. The highest BCUT2D eigenvalue weighted by molar-refractivity contribution is 6.76. The number of halogens is 3. The zero-order valence-electron chi connectivity index (χ0n) is 27.4. The van der Waals surface area contributed by atoms with Crippen molar-refractivity contribution < 1.29 is 27.8 Å². The van der Waals surface area contributed by atoms with Crippen molar-refractivity contribution in [3.05, 3.63) is 54.4 Å². The quantitative estimate of drug-likeness (QED) is 0.145. The smallest absolute Gasteiger partial charge is 0.433 e. The van der Waals surface area contributed by atoms with Gasteiger partial charge in [-0.15, -0.1) is 0 Å². The van der Waals surface area contributed by atoms with Gasteiger partial charge in [-0.25, -0.2) is 15.0 Å². The maximum absolute atomic E-state index is 13.3. The van der Waals surface area contributed by atoms with E-state index in [0.29, 0.717) is 39.1 Å². The molecule has 0 amide bonds. The minimum absolute atomic E-state index is 0.107. The SMILES string of the molecule is C[Si](C)(C)CCOCn1ccc2c(-c3cnn(C4(CC#N)CC(N5CCC(Oc6cc(CO)cc(C(F)(F)F)n6)CC5)C4)c3)ncnc21. The zero-order chi connectivity index (χ0) is 34.1. The monoisotopic (exact) mass is 682 g/mol. The van der Waals surface area contributed by atoms with Crippen LogP contribution < -0.4 is 4.74 Å². The average Bonchev–Trinajstić information content (AvgIpc) is 3.68. The van der Waals surface area contributed by atoms with Gasteiger partial charge in [0.2, 0.25) is 5.88 Å². The molecule has 0 bridgehead atoms. The number of pyridine rings is 1. The number of nitriles is 1. The molecule has 0 spiro atoms. The lowest BCUT2D eigenvalue weighted by Gasteiger charge is -2.52. The Morgan fingerprint density at radius 2 is 1.92 bits per heavy atom. The van der Waals surface area contributed by atoms with Crippen molar-refractivity contribution >= 4 is 19.1 Å². The number of nitrogens with zero attached hydrogens (tertiary/aromatic N) is 8. The minimum Gasteiger partial charge on any atom is -0.474 e. The summed E-state index contributed by atoms with van der Waals surface area (Å²) in [4.78, 5) is 15.1. The first-order valence-corrected chi connectivity index (χ1v) is 20.0. The molecule has 2 aliphatic rings. The van der Waals surface area contributed by atoms with Gasteiger partial charge in [0.25, 0.3) is 0 Å². The summed E-state index contributed by atoms with van der Waals surface area (Å²) in [6.07, 6.45) is 5.48. The van der Waals surface area contributed by atoms with Crippen LogP contribution in [0.1, 0.15) is 43.4 Å². The number of ether oxygens (including phenoxy) is 2. The van der Waals surface area contributed by atoms with Crippen LogP contribution in [0.2, 0.25) is 25.7 Å². The fourth-order valence-electron chi connectivity index (χ4n) is 6.60. The lowest BCUT2D eigenvalue weighted by Crippen LogP contribution is -2.58. The third kappa shape index (κ3) is 7.41. The standard InChI is InChI=1S/C33H41F3N8O3Si/c1-48(2,3)13-12-46-22-43-11-6-27-30(38-21-39-31(27)43)24-18-40-44(19-24)32(7-8-37)16-25(17-32)42-9-4-26(5-10-42)47-29-15-23(20-45)14-28(41-29)33(34,35)36/h6,11,14-15,18-19,21,25-26,45H,4-5,7,9-10,12-13,16-17,20,22H2,1-3H3. The van der Waals surface area contributed by atoms with Gasteiger partial charge in [-0.1, -0.05) is 19.6 Å². The first-order valence-electron chi connectivity index (χ1n) is 16.3. The third-order valence-electron chi connectivity index (χ3n) is 9.38. The number of alkyl halides is 3. The Morgan fingerprint density at radius 3 is 2.60 bits per heavy atom. The topological polar surface area (TPSA) is 127 Å². The van der Waals surface area contributed by atoms with Crippen molar-refractivity contribution in [3.8, 4) is 23.2 Å². The Labute approximate surface area is 278 Å². The zero-order valence-corrected chi connectivity index (χ0v) is 28.4. The molecule has 1 N–H and O–H groups in total. The van der Waals surface area contributed by atoms with Gasteiger partial charge in [0.05, 0.1) is 36.5 Å². The highest BCUT2D eigenvalue weighted by Gasteiger charge is 2.49. The van der Waals surface area contributed by atoms with Crippen LogP contribution in [-0.2, 0) is 29.8 Å². The summed E-state index contributed by atoms with van der Waals surface area (Å²) in [7, 11) is -1.18. The number of piperidine rings is 1. The summed E-state index contributed by atoms with van der Waals surface area (Å²) in [5, 5.41) is 24.8. The molecule has 4 aromatic heterocycles. The minimum atomic E-state index is -4.63. The van der Waals surface area contributed by atoms with Crippen LogP contribution >= 0.6 is 0 Å². The molecule has 0 unspecified atom stereocenters. The van der Waals surface area contributed by atoms with Crippen LogP contribution in [0.15, 0.2) is 43.1 Å². The van der Waals surface area contributed by atoms with Crippen molar-refractivity contribution in [3.63, 3.8) is 0 Å². The highest BCUT2D eigenvalue weighted by Crippen LogP contribution is 2.46. The number of fused-ring (bicyclic) bond motifs is 1. The molecule has 4 aromatic rings. The van der Waals surface area contributed by atoms with Crippen molar-refractivity contribution in [2.24, 2.45) is 0 Å². The first-order chi connectivity index (χ1) is 22.9. The van der Waals surface area contributed by atoms with E-state index in [4.69, 9.17) is 14.6 Å². The number of hydrogen-bond acceptors (Lipinski definition) is 9. The molecule has 1 saturated carbocycles. The Hall–Kier alpha value is -3.84. The van der Waals surface area contributed by atoms with Gasteiger partial charge >= 0.3 is 6.18 Å². The molecule has 15 heteroatoms. The second-order valence-electron chi connectivity index (χ2n) is 14.1. The van der Waals surface area contributed by atoms with Crippen LogP contribution in [0.5, 0.6) is 5.88 Å². The van der Waals surface area contributed by atoms with E-state index in [1.807, 2.05) is 27.7 Å². The number of aromatic nitrogens is 6. The molecule has 1 aliphatic carbocycles. The van der Waals surface area contributed by atoms with Gasteiger partial charge < -0.3 is 19.1 Å². The van der Waals surface area contributed by atoms with Gasteiger partial charge in [0.1, 0.15) is 30.5 Å². The van der Waals surface area contributed by atoms with E-state index in [1.54, 1.807) is 12.5 Å². The van der Waals surface area contributed by atoms with Crippen LogP contribution in [0, 0.1) is 11.3 Å². The predicted octanol–water partition coefficient (Wildman–Crippen LogP) is 5.83. The highest BCUT2D eigenvalue weighted by atomic mass is 28.3. The Kier molecular flexibility index (Phi) is 9.63. The van der Waals surface area contributed by atoms with Gasteiger partial charge in [-0.3, -0.25) is 9.58 Å². The lowest BCUT2D eigenvalue weighted by atomic mass is 9.69. The van der Waals surface area contributed by atoms with Crippen molar-refractivity contribution in [2.75, 3.05) is 19.7 Å². The van der Waals surface area contributed by atoms with Crippen LogP contribution in [0.4, 0.5) is 13.2 Å². The number of aliphatic hydroxyl groups is 1. The molecule has 1 saturated heterocycles. The fourth-order valence-corrected chi connectivity index (χ4v) is 7.36. The summed E-state index contributed by atoms with van der Waals surface area (Å²) >= 11 is 0. The normalized spacial score (nSPS) is 20.9. The molecule has 0 atom stereocenters. The first kappa shape index (κ1) is 34.0. The average molecular weight is 683 g/mol. The second-order valence-corrected chi connectivity index (χ2v) is 19.7. The van der Waals surface area contributed by atoms with Gasteiger partial charge in [-0.2, -0.15) is 23.5 Å². The molecule has 0 aromatic carbocycles. The Bertz CT molecular complexity index is 1770. The molecule has 5 heterocycles. The van der Waals surface area contributed by atoms with E-state index < -0.39 is 32.1 Å². The number of aliphatic hydroxyl groups excluding tert-OH is 1. The molecule has 48 heavy (non-hydrogen) atoms. The molecule has 2 fully saturated rings. The van der Waals surface area contributed by atoms with Crippen LogP contribution in [0.25, 0.3) is 22.3 Å². The molecule has 256 valence electrons. The van der Waals surface area contributed by atoms with Crippen molar-refractivity contribution in [1.82, 2.24) is 34.2 Å². The van der Waals surface area contributed by atoms with Crippen LogP contribution in [-0.4, -0.2) is 79.2 Å². The maximum Gasteiger partial charge on any atom is 0.433 e. The molecular weight excluding hydrogens is 641 g/mol. The maximum atomic E-state index is 13.3. The number of hydrogen-bond donors (Lipinski definition) is 1. The number of likely N-dealkylation sites (tertiary alicyclic amines) is 1. The van der Waals surface area contributed by atoms with E-state index in [-0.39, 0.29) is 23.6 Å². The summed E-state index contributed by atoms with van der Waals surface area (Å²) in [5.74, 6) is -0.123. The van der Waals surface area contributed by atoms with E-state index in [0.717, 1.165) is 53.8 Å². The molecular formula is C33H41F3N8O3Si. The Balaban J connectivity index is 1.08. The van der Waals surface area contributed by atoms with E-state index in [9.17, 15) is 23.5 Å². The van der Waals surface area contributed by atoms with Crippen molar-refractivity contribution in [1.29, 1.82) is 5.26 Å². The van der Waals surface area contributed by atoms with E-state index in [1.165, 1.54) is 6.07 Å². The fraction of sp³-hybridized carbons (Fsp3) is 0.545. The number of rotatable bonds is 12. The van der Waals surface area contributed by atoms with Crippen molar-refractivity contribution in [2.45, 2.75) is 95.0 Å². The van der Waals surface area contributed by atoms with Gasteiger partial charge in [-0.05, 0) is 49.4 Å². The molecule has 1 aliphatic heterocycles. The van der Waals surface area contributed by atoms with E-state index in [2.05, 4.69) is 45.6 Å². The van der Waals surface area contributed by atoms with Crippen LogP contribution in [0.3, 0.4) is 0 Å².